The summed E-state index contributed by atoms with van der Waals surface area (Å²) in [5, 5.41) is 10.8. The Kier molecular flexibility index (Phi) is 3.50. The van der Waals surface area contributed by atoms with Crippen molar-refractivity contribution < 1.29 is 14.3 Å². The van der Waals surface area contributed by atoms with Gasteiger partial charge in [-0.05, 0) is 30.3 Å². The van der Waals surface area contributed by atoms with E-state index in [1.807, 2.05) is 6.07 Å². The SMILES string of the molecule is O=C(O)c1ccc(Br)cc1Sc1nccc2occc12. The van der Waals surface area contributed by atoms with Gasteiger partial charge in [0.2, 0.25) is 0 Å². The number of fused-ring (bicyclic) bond motifs is 1. The molecule has 0 aliphatic rings. The number of aromatic carboxylic acids is 1. The number of halogens is 1. The van der Waals surface area contributed by atoms with Crippen molar-refractivity contribution >= 4 is 44.6 Å². The molecule has 1 aromatic carbocycles. The number of furan rings is 1. The Morgan fingerprint density at radius 2 is 2.15 bits per heavy atom. The normalized spacial score (nSPS) is 10.8. The fourth-order valence-corrected chi connectivity index (χ4v) is 3.38. The number of benzene rings is 1. The average Bonchev–Trinajstić information content (AvgIpc) is 2.88. The van der Waals surface area contributed by atoms with E-state index in [-0.39, 0.29) is 5.56 Å². The zero-order valence-electron chi connectivity index (χ0n) is 10.0. The zero-order valence-corrected chi connectivity index (χ0v) is 12.4. The molecule has 2 heterocycles. The minimum Gasteiger partial charge on any atom is -0.478 e. The quantitative estimate of drug-likeness (QED) is 0.757. The van der Waals surface area contributed by atoms with Gasteiger partial charge >= 0.3 is 5.97 Å². The van der Waals surface area contributed by atoms with E-state index in [0.717, 1.165) is 20.5 Å². The Morgan fingerprint density at radius 3 is 2.95 bits per heavy atom. The van der Waals surface area contributed by atoms with Crippen molar-refractivity contribution in [2.24, 2.45) is 0 Å². The van der Waals surface area contributed by atoms with Gasteiger partial charge in [-0.25, -0.2) is 9.78 Å². The molecule has 0 saturated carbocycles. The topological polar surface area (TPSA) is 63.3 Å². The summed E-state index contributed by atoms with van der Waals surface area (Å²) in [6, 6.07) is 8.65. The number of rotatable bonds is 3. The van der Waals surface area contributed by atoms with E-state index < -0.39 is 5.97 Å². The highest BCUT2D eigenvalue weighted by Crippen LogP contribution is 2.35. The van der Waals surface area contributed by atoms with E-state index in [1.165, 1.54) is 11.8 Å². The Hall–Kier alpha value is -1.79. The maximum Gasteiger partial charge on any atom is 0.336 e. The lowest BCUT2D eigenvalue weighted by Gasteiger charge is -2.06. The van der Waals surface area contributed by atoms with Crippen LogP contribution in [0.2, 0.25) is 0 Å². The molecule has 3 rings (SSSR count). The molecule has 100 valence electrons. The summed E-state index contributed by atoms with van der Waals surface area (Å²) in [5.74, 6) is -0.959. The van der Waals surface area contributed by atoms with Gasteiger partial charge in [-0.2, -0.15) is 0 Å². The number of nitrogens with zero attached hydrogens (tertiary/aromatic N) is 1. The van der Waals surface area contributed by atoms with Crippen LogP contribution in [0.15, 0.2) is 61.6 Å². The zero-order chi connectivity index (χ0) is 14.1. The number of carbonyl (C=O) groups is 1. The van der Waals surface area contributed by atoms with Crippen molar-refractivity contribution in [3.63, 3.8) is 0 Å². The molecule has 0 aliphatic heterocycles. The van der Waals surface area contributed by atoms with Gasteiger partial charge in [0.15, 0.2) is 0 Å². The first-order chi connectivity index (χ1) is 9.65. The molecule has 0 radical (unpaired) electrons. The van der Waals surface area contributed by atoms with Crippen LogP contribution in [0.1, 0.15) is 10.4 Å². The molecule has 0 atom stereocenters. The van der Waals surface area contributed by atoms with Crippen molar-refractivity contribution in [1.82, 2.24) is 4.98 Å². The molecule has 1 N–H and O–H groups in total. The van der Waals surface area contributed by atoms with E-state index >= 15 is 0 Å². The maximum absolute atomic E-state index is 11.3. The predicted octanol–water partition coefficient (Wildman–Crippen LogP) is 4.44. The molecule has 0 fully saturated rings. The molecule has 20 heavy (non-hydrogen) atoms. The second-order valence-electron chi connectivity index (χ2n) is 4.00. The third kappa shape index (κ3) is 2.44. The minimum atomic E-state index is -0.959. The highest BCUT2D eigenvalue weighted by atomic mass is 79.9. The van der Waals surface area contributed by atoms with Crippen LogP contribution in [-0.2, 0) is 0 Å². The predicted molar refractivity (Wildman–Crippen MR) is 79.2 cm³/mol. The molecule has 2 aromatic heterocycles. The van der Waals surface area contributed by atoms with Crippen LogP contribution in [0, 0.1) is 0 Å². The Labute approximate surface area is 126 Å². The maximum atomic E-state index is 11.3. The summed E-state index contributed by atoms with van der Waals surface area (Å²) in [4.78, 5) is 16.2. The van der Waals surface area contributed by atoms with Crippen molar-refractivity contribution in [2.45, 2.75) is 9.92 Å². The summed E-state index contributed by atoms with van der Waals surface area (Å²) in [6.45, 7) is 0. The summed E-state index contributed by atoms with van der Waals surface area (Å²) in [6.07, 6.45) is 3.24. The Balaban J connectivity index is 2.09. The molecule has 0 spiro atoms. The van der Waals surface area contributed by atoms with Crippen LogP contribution in [0.5, 0.6) is 0 Å². The lowest BCUT2D eigenvalue weighted by molar-refractivity contribution is 0.0693. The number of pyridine rings is 1. The van der Waals surface area contributed by atoms with Crippen molar-refractivity contribution in [3.05, 3.63) is 52.8 Å². The summed E-state index contributed by atoms with van der Waals surface area (Å²) in [5.41, 5.74) is 0.981. The lowest BCUT2D eigenvalue weighted by Crippen LogP contribution is -1.98. The molecule has 0 bridgehead atoms. The van der Waals surface area contributed by atoms with Crippen LogP contribution in [-0.4, -0.2) is 16.1 Å². The number of aromatic nitrogens is 1. The fourth-order valence-electron chi connectivity index (χ4n) is 1.81. The first-order valence-corrected chi connectivity index (χ1v) is 7.29. The van der Waals surface area contributed by atoms with E-state index in [4.69, 9.17) is 4.42 Å². The highest BCUT2D eigenvalue weighted by Gasteiger charge is 2.14. The Bertz CT molecular complexity index is 800. The van der Waals surface area contributed by atoms with Gasteiger partial charge in [0.1, 0.15) is 10.6 Å². The Morgan fingerprint density at radius 1 is 1.30 bits per heavy atom. The third-order valence-electron chi connectivity index (χ3n) is 2.72. The summed E-state index contributed by atoms with van der Waals surface area (Å²) in [7, 11) is 0. The molecule has 0 unspecified atom stereocenters. The summed E-state index contributed by atoms with van der Waals surface area (Å²) >= 11 is 4.66. The first kappa shape index (κ1) is 13.2. The standard InChI is InChI=1S/C14H8BrNO3S/c15-8-1-2-10(14(17)18)12(7-8)20-13-9-4-6-19-11(9)3-5-16-13/h1-7H,(H,17,18). The molecule has 0 amide bonds. The number of carboxylic acid groups (broad SMARTS) is 1. The molecular weight excluding hydrogens is 342 g/mol. The van der Waals surface area contributed by atoms with E-state index in [9.17, 15) is 9.90 Å². The number of carboxylic acids is 1. The van der Waals surface area contributed by atoms with Crippen LogP contribution in [0.3, 0.4) is 0 Å². The van der Waals surface area contributed by atoms with Gasteiger partial charge in [-0.1, -0.05) is 27.7 Å². The molecule has 0 aliphatic carbocycles. The monoisotopic (exact) mass is 349 g/mol. The van der Waals surface area contributed by atoms with Crippen LogP contribution >= 0.6 is 27.7 Å². The second-order valence-corrected chi connectivity index (χ2v) is 5.94. The fraction of sp³-hybridized carbons (Fsp3) is 0. The first-order valence-electron chi connectivity index (χ1n) is 5.68. The van der Waals surface area contributed by atoms with Crippen LogP contribution in [0.4, 0.5) is 0 Å². The summed E-state index contributed by atoms with van der Waals surface area (Å²) < 4.78 is 6.14. The second kappa shape index (κ2) is 5.30. The smallest absolute Gasteiger partial charge is 0.336 e. The van der Waals surface area contributed by atoms with Gasteiger partial charge < -0.3 is 9.52 Å². The molecule has 4 nitrogen and oxygen atoms in total. The van der Waals surface area contributed by atoms with Gasteiger partial charge in [-0.15, -0.1) is 0 Å². The van der Waals surface area contributed by atoms with Gasteiger partial charge in [-0.3, -0.25) is 0 Å². The lowest BCUT2D eigenvalue weighted by atomic mass is 10.2. The molecule has 3 aromatic rings. The van der Waals surface area contributed by atoms with E-state index in [0.29, 0.717) is 4.90 Å². The van der Waals surface area contributed by atoms with Gasteiger partial charge in [0, 0.05) is 15.6 Å². The van der Waals surface area contributed by atoms with E-state index in [2.05, 4.69) is 20.9 Å². The third-order valence-corrected chi connectivity index (χ3v) is 4.29. The van der Waals surface area contributed by atoms with Gasteiger partial charge in [0.05, 0.1) is 17.2 Å². The molecule has 0 saturated heterocycles. The van der Waals surface area contributed by atoms with Crippen molar-refractivity contribution in [3.8, 4) is 0 Å². The number of hydrogen-bond donors (Lipinski definition) is 1. The molecule has 6 heteroatoms. The van der Waals surface area contributed by atoms with Crippen molar-refractivity contribution in [2.75, 3.05) is 0 Å². The van der Waals surface area contributed by atoms with Crippen LogP contribution in [0.25, 0.3) is 11.0 Å². The highest BCUT2D eigenvalue weighted by molar-refractivity contribution is 9.10. The van der Waals surface area contributed by atoms with Crippen molar-refractivity contribution in [1.29, 1.82) is 0 Å². The van der Waals surface area contributed by atoms with Gasteiger partial charge in [0.25, 0.3) is 0 Å². The minimum absolute atomic E-state index is 0.250. The largest absolute Gasteiger partial charge is 0.478 e. The number of hydrogen-bond acceptors (Lipinski definition) is 4. The average molecular weight is 350 g/mol. The van der Waals surface area contributed by atoms with E-state index in [1.54, 1.807) is 36.7 Å². The van der Waals surface area contributed by atoms with Crippen LogP contribution < -0.4 is 0 Å². The molecular formula is C14H8BrNO3S.